The molecule has 0 unspecified atom stereocenters. The molecule has 1 aliphatic rings. The van der Waals surface area contributed by atoms with E-state index in [9.17, 15) is 17.2 Å². The molecule has 1 aromatic rings. The van der Waals surface area contributed by atoms with Crippen molar-refractivity contribution in [3.63, 3.8) is 0 Å². The van der Waals surface area contributed by atoms with Crippen LogP contribution in [0.1, 0.15) is 28.3 Å². The van der Waals surface area contributed by atoms with Crippen molar-refractivity contribution in [2.75, 3.05) is 0 Å². The lowest BCUT2D eigenvalue weighted by Crippen LogP contribution is -2.37. The molecule has 0 spiro atoms. The number of rotatable bonds is 2. The van der Waals surface area contributed by atoms with E-state index in [4.69, 9.17) is 9.81 Å². The van der Waals surface area contributed by atoms with Crippen molar-refractivity contribution in [3.8, 4) is 6.07 Å². The predicted molar refractivity (Wildman–Crippen MR) is 62.0 cm³/mol. The van der Waals surface area contributed by atoms with Crippen LogP contribution >= 0.6 is 0 Å². The fourth-order valence-corrected chi connectivity index (χ4v) is 2.94. The maximum atomic E-state index is 13.8. The smallest absolute Gasteiger partial charge is 0.273 e. The van der Waals surface area contributed by atoms with E-state index in [1.165, 1.54) is 23.8 Å². The number of fused-ring (bicyclic) bond motifs is 1. The number of nitrogens with one attached hydrogen (secondary N) is 1. The van der Waals surface area contributed by atoms with Crippen LogP contribution in [0.15, 0.2) is 12.1 Å². The van der Waals surface area contributed by atoms with Gasteiger partial charge in [0.2, 0.25) is 0 Å². The second kappa shape index (κ2) is 4.23. The lowest BCUT2D eigenvalue weighted by molar-refractivity contribution is -0.0195. The summed E-state index contributed by atoms with van der Waals surface area (Å²) in [5.74, 6) is -3.35. The highest BCUT2D eigenvalue weighted by Crippen LogP contribution is 2.45. The van der Waals surface area contributed by atoms with E-state index < -0.39 is 28.7 Å². The summed E-state index contributed by atoms with van der Waals surface area (Å²) in [6, 6.07) is 2.75. The van der Waals surface area contributed by atoms with Gasteiger partial charge in [-0.15, -0.1) is 0 Å². The highest BCUT2D eigenvalue weighted by Gasteiger charge is 2.50. The van der Waals surface area contributed by atoms with Gasteiger partial charge in [0.25, 0.3) is 5.92 Å². The first-order chi connectivity index (χ1) is 8.64. The van der Waals surface area contributed by atoms with Crippen molar-refractivity contribution in [2.45, 2.75) is 25.3 Å². The molecule has 1 aromatic carbocycles. The predicted octanol–water partition coefficient (Wildman–Crippen LogP) is 1.49. The Morgan fingerprint density at radius 2 is 2.16 bits per heavy atom. The van der Waals surface area contributed by atoms with Crippen LogP contribution < -0.4 is 4.72 Å². The van der Waals surface area contributed by atoms with Gasteiger partial charge in [-0.3, -0.25) is 4.55 Å². The standard InChI is InChI=1S/C11H10F2N2O3S/c1-6-2-7(5-14)3-8-4-11(12,13)10(9(6)8)15-19(16,17)18/h2-3,10,15H,4H2,1H3,(H,16,17,18)/t10-/m0/s1. The number of alkyl halides is 2. The van der Waals surface area contributed by atoms with Crippen LogP contribution in [-0.4, -0.2) is 18.9 Å². The van der Waals surface area contributed by atoms with Gasteiger partial charge in [0, 0.05) is 6.42 Å². The number of nitrogens with zero attached hydrogens (tertiary/aromatic N) is 1. The minimum Gasteiger partial charge on any atom is -0.273 e. The van der Waals surface area contributed by atoms with Crippen LogP contribution in [-0.2, 0) is 16.7 Å². The molecule has 0 fully saturated rings. The maximum absolute atomic E-state index is 13.8. The summed E-state index contributed by atoms with van der Waals surface area (Å²) in [5, 5.41) is 8.79. The molecule has 0 saturated carbocycles. The lowest BCUT2D eigenvalue weighted by Gasteiger charge is -2.20. The summed E-state index contributed by atoms with van der Waals surface area (Å²) in [5.41, 5.74) is 0.941. The van der Waals surface area contributed by atoms with E-state index in [2.05, 4.69) is 0 Å². The lowest BCUT2D eigenvalue weighted by atomic mass is 9.99. The van der Waals surface area contributed by atoms with Gasteiger partial charge in [0.05, 0.1) is 11.6 Å². The summed E-state index contributed by atoms with van der Waals surface area (Å²) in [7, 11) is -4.75. The molecule has 102 valence electrons. The molecule has 0 heterocycles. The third kappa shape index (κ3) is 2.58. The van der Waals surface area contributed by atoms with Crippen molar-refractivity contribution in [2.24, 2.45) is 0 Å². The van der Waals surface area contributed by atoms with E-state index in [1.807, 2.05) is 6.07 Å². The van der Waals surface area contributed by atoms with Gasteiger partial charge >= 0.3 is 10.3 Å². The molecule has 5 nitrogen and oxygen atoms in total. The monoisotopic (exact) mass is 288 g/mol. The Balaban J connectivity index is 2.57. The molecule has 0 amide bonds. The molecule has 1 aliphatic carbocycles. The van der Waals surface area contributed by atoms with E-state index in [0.717, 1.165) is 0 Å². The summed E-state index contributed by atoms with van der Waals surface area (Å²) in [4.78, 5) is 0. The average Bonchev–Trinajstić information content (AvgIpc) is 2.47. The Bertz CT molecular complexity index is 680. The van der Waals surface area contributed by atoms with E-state index in [0.29, 0.717) is 5.56 Å². The quantitative estimate of drug-likeness (QED) is 0.807. The van der Waals surface area contributed by atoms with Crippen LogP contribution in [0.5, 0.6) is 0 Å². The Kier molecular flexibility index (Phi) is 3.09. The Hall–Kier alpha value is -1.56. The zero-order valence-electron chi connectivity index (χ0n) is 9.81. The number of aryl methyl sites for hydroxylation is 1. The van der Waals surface area contributed by atoms with Gasteiger partial charge in [-0.25, -0.2) is 8.78 Å². The minimum absolute atomic E-state index is 0.113. The summed E-state index contributed by atoms with van der Waals surface area (Å²) in [6.07, 6.45) is -0.675. The van der Waals surface area contributed by atoms with E-state index >= 15 is 0 Å². The van der Waals surface area contributed by atoms with Crippen molar-refractivity contribution in [1.82, 2.24) is 4.72 Å². The van der Waals surface area contributed by atoms with Crippen LogP contribution in [0.3, 0.4) is 0 Å². The van der Waals surface area contributed by atoms with Crippen LogP contribution in [0.2, 0.25) is 0 Å². The Morgan fingerprint density at radius 1 is 1.53 bits per heavy atom. The van der Waals surface area contributed by atoms with Crippen molar-refractivity contribution < 1.29 is 21.8 Å². The average molecular weight is 288 g/mol. The number of halogens is 2. The zero-order chi connectivity index (χ0) is 14.4. The van der Waals surface area contributed by atoms with Gasteiger partial charge in [-0.05, 0) is 35.7 Å². The third-order valence-corrected chi connectivity index (χ3v) is 3.54. The van der Waals surface area contributed by atoms with Crippen LogP contribution in [0.4, 0.5) is 8.78 Å². The Labute approximate surface area is 108 Å². The van der Waals surface area contributed by atoms with Crippen LogP contribution in [0.25, 0.3) is 0 Å². The van der Waals surface area contributed by atoms with Gasteiger partial charge in [-0.1, -0.05) is 0 Å². The first-order valence-corrected chi connectivity index (χ1v) is 6.74. The van der Waals surface area contributed by atoms with Gasteiger partial charge in [0.1, 0.15) is 6.04 Å². The minimum atomic E-state index is -4.75. The second-order valence-electron chi connectivity index (χ2n) is 4.44. The molecular weight excluding hydrogens is 278 g/mol. The molecule has 0 aromatic heterocycles. The summed E-state index contributed by atoms with van der Waals surface area (Å²) in [6.45, 7) is 1.51. The Morgan fingerprint density at radius 3 is 2.68 bits per heavy atom. The molecule has 0 aliphatic heterocycles. The SMILES string of the molecule is Cc1cc(C#N)cc2c1[C@H](NS(=O)(=O)O)C(F)(F)C2. The largest absolute Gasteiger partial charge is 0.334 e. The summed E-state index contributed by atoms with van der Waals surface area (Å²) < 4.78 is 59.4. The second-order valence-corrected chi connectivity index (χ2v) is 5.63. The van der Waals surface area contributed by atoms with Gasteiger partial charge in [0.15, 0.2) is 0 Å². The van der Waals surface area contributed by atoms with Crippen molar-refractivity contribution in [3.05, 3.63) is 34.4 Å². The first-order valence-electron chi connectivity index (χ1n) is 5.30. The highest BCUT2D eigenvalue weighted by molar-refractivity contribution is 7.83. The third-order valence-electron chi connectivity index (χ3n) is 3.01. The molecule has 2 rings (SSSR count). The molecule has 19 heavy (non-hydrogen) atoms. The number of hydrogen-bond acceptors (Lipinski definition) is 3. The maximum Gasteiger partial charge on any atom is 0.334 e. The topological polar surface area (TPSA) is 90.2 Å². The van der Waals surface area contributed by atoms with Crippen LogP contribution in [0, 0.1) is 18.3 Å². The molecular formula is C11H10F2N2O3S. The van der Waals surface area contributed by atoms with E-state index in [-0.39, 0.29) is 16.7 Å². The first kappa shape index (κ1) is 13.9. The molecule has 0 saturated heterocycles. The summed E-state index contributed by atoms with van der Waals surface area (Å²) >= 11 is 0. The van der Waals surface area contributed by atoms with Gasteiger partial charge < -0.3 is 0 Å². The molecule has 8 heteroatoms. The number of hydrogen-bond donors (Lipinski definition) is 2. The number of benzene rings is 1. The molecule has 0 radical (unpaired) electrons. The highest BCUT2D eigenvalue weighted by atomic mass is 32.2. The fourth-order valence-electron chi connectivity index (χ4n) is 2.36. The molecule has 0 bridgehead atoms. The van der Waals surface area contributed by atoms with Crippen molar-refractivity contribution >= 4 is 10.3 Å². The fraction of sp³-hybridized carbons (Fsp3) is 0.364. The van der Waals surface area contributed by atoms with Crippen molar-refractivity contribution in [1.29, 1.82) is 5.26 Å². The zero-order valence-corrected chi connectivity index (χ0v) is 10.6. The number of nitriles is 1. The van der Waals surface area contributed by atoms with E-state index in [1.54, 1.807) is 0 Å². The normalized spacial score (nSPS) is 20.9. The molecule has 1 atom stereocenters. The van der Waals surface area contributed by atoms with Gasteiger partial charge in [-0.2, -0.15) is 18.4 Å². The molecule has 2 N–H and O–H groups in total.